The maximum absolute atomic E-state index is 11.6. The first-order chi connectivity index (χ1) is 11.3. The number of nitrogens with zero attached hydrogens (tertiary/aromatic N) is 2. The van der Waals surface area contributed by atoms with Gasteiger partial charge in [-0.3, -0.25) is 14.4 Å². The Morgan fingerprint density at radius 1 is 1.38 bits per heavy atom. The van der Waals surface area contributed by atoms with Crippen molar-refractivity contribution < 1.29 is 19.5 Å². The lowest BCUT2D eigenvalue weighted by molar-refractivity contribution is -0.138. The van der Waals surface area contributed by atoms with Gasteiger partial charge in [0.25, 0.3) is 0 Å². The van der Waals surface area contributed by atoms with Gasteiger partial charge >= 0.3 is 5.97 Å². The molecule has 0 unspecified atom stereocenters. The minimum absolute atomic E-state index is 0.170. The van der Waals surface area contributed by atoms with Gasteiger partial charge in [0.1, 0.15) is 5.25 Å². The van der Waals surface area contributed by atoms with E-state index in [4.69, 9.17) is 5.11 Å². The normalized spacial score (nSPS) is 19.2. The monoisotopic (exact) mass is 348 g/mol. The third kappa shape index (κ3) is 4.92. The lowest BCUT2D eigenvalue weighted by Gasteiger charge is -2.04. The molecule has 2 amide bonds. The highest BCUT2D eigenvalue weighted by Crippen LogP contribution is 2.22. The van der Waals surface area contributed by atoms with E-state index in [0.717, 1.165) is 17.3 Å². The van der Waals surface area contributed by atoms with Gasteiger partial charge in [0, 0.05) is 12.6 Å². The molecule has 1 aliphatic rings. The first kappa shape index (κ1) is 17.7. The standard InChI is InChI=1S/C15H16N4O4S/c1-8(10-4-3-5-11(6-10)16-9(2)20)18-19-15-17-14(23)12(24-15)7-13(21)22/h3-6,12H,7H2,1-2H3,(H,16,20)(H,21,22)(H,17,19,23)/t12-/m0/s1. The molecule has 1 atom stereocenters. The summed E-state index contributed by atoms with van der Waals surface area (Å²) in [6.07, 6.45) is -0.267. The number of nitrogens with one attached hydrogen (secondary N) is 2. The Balaban J connectivity index is 2.10. The van der Waals surface area contributed by atoms with Crippen LogP contribution in [-0.2, 0) is 14.4 Å². The zero-order valence-electron chi connectivity index (χ0n) is 13.1. The molecule has 1 fully saturated rings. The average Bonchev–Trinajstić information content (AvgIpc) is 2.84. The molecule has 0 aliphatic carbocycles. The Hall–Kier alpha value is -2.68. The number of rotatable bonds is 5. The average molecular weight is 348 g/mol. The van der Waals surface area contributed by atoms with E-state index in [1.165, 1.54) is 6.92 Å². The number of hydrogen-bond donors (Lipinski definition) is 3. The Bertz CT molecular complexity index is 745. The number of carboxylic acids is 1. The second-order valence-electron chi connectivity index (χ2n) is 5.05. The molecule has 1 aliphatic heterocycles. The van der Waals surface area contributed by atoms with E-state index in [2.05, 4.69) is 20.8 Å². The zero-order chi connectivity index (χ0) is 17.7. The maximum atomic E-state index is 11.6. The van der Waals surface area contributed by atoms with Crippen LogP contribution in [0, 0.1) is 0 Å². The number of amides is 2. The van der Waals surface area contributed by atoms with Gasteiger partial charge < -0.3 is 15.7 Å². The quantitative estimate of drug-likeness (QED) is 0.549. The van der Waals surface area contributed by atoms with E-state index in [1.807, 2.05) is 6.07 Å². The molecule has 1 aromatic rings. The summed E-state index contributed by atoms with van der Waals surface area (Å²) in [6.45, 7) is 3.17. The third-order valence-electron chi connectivity index (χ3n) is 3.03. The number of aliphatic carboxylic acids is 1. The first-order valence-corrected chi connectivity index (χ1v) is 7.92. The predicted octanol–water partition coefficient (Wildman–Crippen LogP) is 1.43. The molecule has 2 rings (SSSR count). The van der Waals surface area contributed by atoms with Crippen molar-refractivity contribution in [2.75, 3.05) is 5.32 Å². The Morgan fingerprint density at radius 2 is 2.12 bits per heavy atom. The first-order valence-electron chi connectivity index (χ1n) is 7.04. The largest absolute Gasteiger partial charge is 0.481 e. The van der Waals surface area contributed by atoms with E-state index in [9.17, 15) is 14.4 Å². The molecule has 0 saturated carbocycles. The molecule has 9 heteroatoms. The molecular formula is C15H16N4O4S. The molecule has 1 saturated heterocycles. The highest BCUT2D eigenvalue weighted by molar-refractivity contribution is 8.15. The zero-order valence-corrected chi connectivity index (χ0v) is 13.9. The van der Waals surface area contributed by atoms with E-state index in [-0.39, 0.29) is 23.4 Å². The summed E-state index contributed by atoms with van der Waals surface area (Å²) in [5.41, 5.74) is 2.00. The molecule has 1 heterocycles. The van der Waals surface area contributed by atoms with Gasteiger partial charge in [-0.1, -0.05) is 23.9 Å². The van der Waals surface area contributed by atoms with Gasteiger partial charge in [0.2, 0.25) is 11.8 Å². The smallest absolute Gasteiger partial charge is 0.305 e. The molecule has 3 N–H and O–H groups in total. The van der Waals surface area contributed by atoms with Gasteiger partial charge in [0.05, 0.1) is 12.1 Å². The highest BCUT2D eigenvalue weighted by Gasteiger charge is 2.32. The molecule has 24 heavy (non-hydrogen) atoms. The fourth-order valence-electron chi connectivity index (χ4n) is 1.95. The van der Waals surface area contributed by atoms with Crippen molar-refractivity contribution in [3.63, 3.8) is 0 Å². The summed E-state index contributed by atoms with van der Waals surface area (Å²) in [5, 5.41) is 21.5. The van der Waals surface area contributed by atoms with E-state index < -0.39 is 11.2 Å². The molecule has 0 aromatic heterocycles. The van der Waals surface area contributed by atoms with Gasteiger partial charge in [-0.25, -0.2) is 0 Å². The van der Waals surface area contributed by atoms with Crippen molar-refractivity contribution in [1.29, 1.82) is 0 Å². The summed E-state index contributed by atoms with van der Waals surface area (Å²) in [7, 11) is 0. The summed E-state index contributed by atoms with van der Waals surface area (Å²) in [5.74, 6) is -1.60. The van der Waals surface area contributed by atoms with Crippen molar-refractivity contribution in [1.82, 2.24) is 5.32 Å². The Kier molecular flexibility index (Phi) is 5.69. The lowest BCUT2D eigenvalue weighted by Crippen LogP contribution is -2.26. The SMILES string of the molecule is CC(=O)Nc1cccc(C(C)=NN=C2NC(=O)[C@H](CC(=O)O)S2)c1. The number of carboxylic acid groups (broad SMARTS) is 1. The molecule has 126 valence electrons. The summed E-state index contributed by atoms with van der Waals surface area (Å²) in [4.78, 5) is 33.4. The number of anilines is 1. The molecule has 1 aromatic carbocycles. The molecule has 8 nitrogen and oxygen atoms in total. The van der Waals surface area contributed by atoms with Crippen LogP contribution in [0.25, 0.3) is 0 Å². The maximum Gasteiger partial charge on any atom is 0.305 e. The second-order valence-corrected chi connectivity index (χ2v) is 6.24. The topological polar surface area (TPSA) is 120 Å². The molecule has 0 bridgehead atoms. The molecular weight excluding hydrogens is 332 g/mol. The fourth-order valence-corrected chi connectivity index (χ4v) is 2.86. The van der Waals surface area contributed by atoms with Crippen LogP contribution in [0.2, 0.25) is 0 Å². The van der Waals surface area contributed by atoms with Crippen LogP contribution in [0.5, 0.6) is 0 Å². The summed E-state index contributed by atoms with van der Waals surface area (Å²) >= 11 is 1.04. The van der Waals surface area contributed by atoms with E-state index in [0.29, 0.717) is 11.4 Å². The number of thioether (sulfide) groups is 1. The van der Waals surface area contributed by atoms with Crippen LogP contribution in [0.15, 0.2) is 34.5 Å². The number of amidine groups is 1. The van der Waals surface area contributed by atoms with Crippen LogP contribution in [-0.4, -0.2) is 39.0 Å². The minimum Gasteiger partial charge on any atom is -0.481 e. The third-order valence-corrected chi connectivity index (χ3v) is 4.10. The minimum atomic E-state index is -1.04. The highest BCUT2D eigenvalue weighted by atomic mass is 32.2. The van der Waals surface area contributed by atoms with Crippen LogP contribution in [0.3, 0.4) is 0 Å². The van der Waals surface area contributed by atoms with Crippen LogP contribution >= 0.6 is 11.8 Å². The Labute approximate surface area is 142 Å². The predicted molar refractivity (Wildman–Crippen MR) is 92.2 cm³/mol. The number of hydrogen-bond acceptors (Lipinski definition) is 6. The second kappa shape index (κ2) is 7.73. The van der Waals surface area contributed by atoms with Gasteiger partial charge in [-0.2, -0.15) is 5.10 Å². The number of carbonyl (C=O) groups is 3. The van der Waals surface area contributed by atoms with Crippen molar-refractivity contribution in [2.24, 2.45) is 10.2 Å². The van der Waals surface area contributed by atoms with E-state index in [1.54, 1.807) is 25.1 Å². The van der Waals surface area contributed by atoms with Crippen LogP contribution in [0.4, 0.5) is 5.69 Å². The lowest BCUT2D eigenvalue weighted by atomic mass is 10.1. The van der Waals surface area contributed by atoms with E-state index >= 15 is 0 Å². The van der Waals surface area contributed by atoms with Crippen molar-refractivity contribution >= 4 is 46.1 Å². The van der Waals surface area contributed by atoms with Gasteiger partial charge in [-0.15, -0.1) is 5.10 Å². The molecule has 0 spiro atoms. The van der Waals surface area contributed by atoms with Crippen molar-refractivity contribution in [3.05, 3.63) is 29.8 Å². The summed E-state index contributed by atoms with van der Waals surface area (Å²) < 4.78 is 0. The van der Waals surface area contributed by atoms with Crippen LogP contribution in [0.1, 0.15) is 25.8 Å². The summed E-state index contributed by atoms with van der Waals surface area (Å²) in [6, 6.07) is 7.11. The Morgan fingerprint density at radius 3 is 2.79 bits per heavy atom. The number of carbonyl (C=O) groups excluding carboxylic acids is 2. The molecule has 0 radical (unpaired) electrons. The van der Waals surface area contributed by atoms with Crippen molar-refractivity contribution in [3.8, 4) is 0 Å². The number of benzene rings is 1. The van der Waals surface area contributed by atoms with Gasteiger partial charge in [0.15, 0.2) is 5.17 Å². The van der Waals surface area contributed by atoms with Gasteiger partial charge in [-0.05, 0) is 24.6 Å². The van der Waals surface area contributed by atoms with Crippen molar-refractivity contribution in [2.45, 2.75) is 25.5 Å². The fraction of sp³-hybridized carbons (Fsp3) is 0.267. The van der Waals surface area contributed by atoms with Crippen LogP contribution < -0.4 is 10.6 Å².